The fraction of sp³-hybridized carbons (Fsp3) is 0.556. The molecule has 3 N–H and O–H groups in total. The van der Waals surface area contributed by atoms with Crippen molar-refractivity contribution in [3.05, 3.63) is 22.7 Å². The molecule has 0 saturated heterocycles. The van der Waals surface area contributed by atoms with Gasteiger partial charge in [0.15, 0.2) is 5.82 Å². The Labute approximate surface area is 99.7 Å². The molecule has 7 nitrogen and oxygen atoms in total. The van der Waals surface area contributed by atoms with Crippen LogP contribution in [0, 0.1) is 0 Å². The third-order valence-electron chi connectivity index (χ3n) is 2.15. The van der Waals surface area contributed by atoms with Gasteiger partial charge in [-0.05, 0) is 13.3 Å². The van der Waals surface area contributed by atoms with Crippen LogP contribution in [-0.2, 0) is 16.6 Å². The molecule has 0 amide bonds. The molecule has 0 aliphatic carbocycles. The van der Waals surface area contributed by atoms with E-state index in [1.165, 1.54) is 10.8 Å². The lowest BCUT2D eigenvalue weighted by molar-refractivity contribution is 0.595. The molecule has 0 saturated carbocycles. The third kappa shape index (κ3) is 4.53. The van der Waals surface area contributed by atoms with Crippen molar-refractivity contribution in [3.63, 3.8) is 0 Å². The SMILES string of the molecule is CCn1ccnc(NCCCS(N)(=O)=O)c1=O. The first-order valence-corrected chi connectivity index (χ1v) is 6.95. The van der Waals surface area contributed by atoms with Crippen molar-refractivity contribution in [1.29, 1.82) is 0 Å². The van der Waals surface area contributed by atoms with Crippen LogP contribution in [0.1, 0.15) is 13.3 Å². The third-order valence-corrected chi connectivity index (χ3v) is 3.01. The van der Waals surface area contributed by atoms with Gasteiger partial charge in [0.1, 0.15) is 0 Å². The Morgan fingerprint density at radius 2 is 2.24 bits per heavy atom. The summed E-state index contributed by atoms with van der Waals surface area (Å²) in [6.45, 7) is 2.76. The molecule has 0 spiro atoms. The van der Waals surface area contributed by atoms with E-state index in [2.05, 4.69) is 10.3 Å². The van der Waals surface area contributed by atoms with Crippen molar-refractivity contribution in [1.82, 2.24) is 9.55 Å². The van der Waals surface area contributed by atoms with E-state index in [9.17, 15) is 13.2 Å². The number of aryl methyl sites for hydroxylation is 1. The van der Waals surface area contributed by atoms with Gasteiger partial charge in [-0.2, -0.15) is 0 Å². The maximum atomic E-state index is 11.7. The van der Waals surface area contributed by atoms with Crippen molar-refractivity contribution < 1.29 is 8.42 Å². The van der Waals surface area contributed by atoms with E-state index in [0.29, 0.717) is 19.5 Å². The van der Waals surface area contributed by atoms with Crippen LogP contribution in [-0.4, -0.2) is 30.3 Å². The van der Waals surface area contributed by atoms with Crippen molar-refractivity contribution in [3.8, 4) is 0 Å². The van der Waals surface area contributed by atoms with Crippen molar-refractivity contribution in [2.75, 3.05) is 17.6 Å². The average Bonchev–Trinajstić information content (AvgIpc) is 2.25. The number of hydrogen-bond donors (Lipinski definition) is 2. The normalized spacial score (nSPS) is 11.4. The zero-order valence-corrected chi connectivity index (χ0v) is 10.4. The van der Waals surface area contributed by atoms with Gasteiger partial charge >= 0.3 is 0 Å². The minimum absolute atomic E-state index is 0.116. The quantitative estimate of drug-likeness (QED) is 0.661. The van der Waals surface area contributed by atoms with Crippen LogP contribution in [0.15, 0.2) is 17.2 Å². The van der Waals surface area contributed by atoms with Gasteiger partial charge in [-0.1, -0.05) is 0 Å². The Morgan fingerprint density at radius 3 is 2.82 bits per heavy atom. The van der Waals surface area contributed by atoms with Crippen LogP contribution in [0.4, 0.5) is 5.82 Å². The fourth-order valence-electron chi connectivity index (χ4n) is 1.30. The summed E-state index contributed by atoms with van der Waals surface area (Å²) < 4.78 is 22.9. The van der Waals surface area contributed by atoms with Gasteiger partial charge in [0, 0.05) is 25.5 Å². The number of nitrogens with zero attached hydrogens (tertiary/aromatic N) is 2. The number of nitrogens with one attached hydrogen (secondary N) is 1. The summed E-state index contributed by atoms with van der Waals surface area (Å²) in [4.78, 5) is 15.6. The second-order valence-corrected chi connectivity index (χ2v) is 5.25. The molecule has 1 rings (SSSR count). The van der Waals surface area contributed by atoms with Crippen LogP contribution in [0.5, 0.6) is 0 Å². The second kappa shape index (κ2) is 5.78. The van der Waals surface area contributed by atoms with E-state index in [4.69, 9.17) is 5.14 Å². The Morgan fingerprint density at radius 1 is 1.53 bits per heavy atom. The Bertz CT molecular complexity index is 523. The van der Waals surface area contributed by atoms with Crippen molar-refractivity contribution in [2.24, 2.45) is 5.14 Å². The molecule has 17 heavy (non-hydrogen) atoms. The predicted octanol–water partition coefficient (Wildman–Crippen LogP) is -0.646. The topological polar surface area (TPSA) is 107 Å². The Balaban J connectivity index is 2.56. The molecule has 0 fully saturated rings. The summed E-state index contributed by atoms with van der Waals surface area (Å²) in [6.07, 6.45) is 3.45. The maximum absolute atomic E-state index is 11.7. The van der Waals surface area contributed by atoms with E-state index in [-0.39, 0.29) is 17.1 Å². The second-order valence-electron chi connectivity index (χ2n) is 3.51. The van der Waals surface area contributed by atoms with Crippen LogP contribution in [0.2, 0.25) is 0 Å². The first-order chi connectivity index (χ1) is 7.94. The molecule has 96 valence electrons. The summed E-state index contributed by atoms with van der Waals surface area (Å²) in [6, 6.07) is 0. The van der Waals surface area contributed by atoms with Gasteiger partial charge in [-0.3, -0.25) is 4.79 Å². The number of aromatic nitrogens is 2. The Kier molecular flexibility index (Phi) is 4.64. The summed E-state index contributed by atoms with van der Waals surface area (Å²) >= 11 is 0. The Hall–Kier alpha value is -1.41. The molecule has 0 radical (unpaired) electrons. The highest BCUT2D eigenvalue weighted by Gasteiger charge is 2.04. The summed E-state index contributed by atoms with van der Waals surface area (Å²) in [5.74, 6) is 0.109. The summed E-state index contributed by atoms with van der Waals surface area (Å²) in [5, 5.41) is 7.65. The zero-order chi connectivity index (χ0) is 12.9. The highest BCUT2D eigenvalue weighted by atomic mass is 32.2. The van der Waals surface area contributed by atoms with Crippen LogP contribution < -0.4 is 16.0 Å². The molecule has 8 heteroatoms. The number of hydrogen-bond acceptors (Lipinski definition) is 5. The fourth-order valence-corrected chi connectivity index (χ4v) is 1.84. The monoisotopic (exact) mass is 260 g/mol. The van der Waals surface area contributed by atoms with E-state index < -0.39 is 10.0 Å². The van der Waals surface area contributed by atoms with E-state index in [1.807, 2.05) is 6.92 Å². The summed E-state index contributed by atoms with van der Waals surface area (Å²) in [5.41, 5.74) is -0.217. The number of sulfonamides is 1. The average molecular weight is 260 g/mol. The van der Waals surface area contributed by atoms with Gasteiger partial charge in [0.25, 0.3) is 5.56 Å². The van der Waals surface area contributed by atoms with Crippen LogP contribution in [0.3, 0.4) is 0 Å². The molecule has 0 aliphatic rings. The number of rotatable bonds is 6. The molecule has 0 unspecified atom stereocenters. The van der Waals surface area contributed by atoms with E-state index in [1.54, 1.807) is 6.20 Å². The largest absolute Gasteiger partial charge is 0.365 e. The van der Waals surface area contributed by atoms with Gasteiger partial charge in [-0.15, -0.1) is 0 Å². The molecule has 1 aromatic heterocycles. The molecular weight excluding hydrogens is 244 g/mol. The standard InChI is InChI=1S/C9H16N4O3S/c1-2-13-6-5-12-8(9(13)14)11-4-3-7-17(10,15)16/h5-6H,2-4,7H2,1H3,(H,11,12)(H2,10,15,16). The summed E-state index contributed by atoms with van der Waals surface area (Å²) in [7, 11) is -3.45. The minimum Gasteiger partial charge on any atom is -0.365 e. The van der Waals surface area contributed by atoms with Gasteiger partial charge < -0.3 is 9.88 Å². The molecular formula is C9H16N4O3S. The highest BCUT2D eigenvalue weighted by Crippen LogP contribution is 1.94. The van der Waals surface area contributed by atoms with E-state index >= 15 is 0 Å². The molecule has 0 aliphatic heterocycles. The number of primary sulfonamides is 1. The molecule has 0 atom stereocenters. The van der Waals surface area contributed by atoms with Gasteiger partial charge in [-0.25, -0.2) is 18.5 Å². The van der Waals surface area contributed by atoms with Gasteiger partial charge in [0.05, 0.1) is 5.75 Å². The number of anilines is 1. The first kappa shape index (κ1) is 13.7. The molecule has 1 aromatic rings. The minimum atomic E-state index is -3.45. The molecule has 1 heterocycles. The van der Waals surface area contributed by atoms with Crippen LogP contribution in [0.25, 0.3) is 0 Å². The smallest absolute Gasteiger partial charge is 0.293 e. The first-order valence-electron chi connectivity index (χ1n) is 5.24. The lowest BCUT2D eigenvalue weighted by Crippen LogP contribution is -2.25. The lowest BCUT2D eigenvalue weighted by atomic mass is 10.4. The van der Waals surface area contributed by atoms with Crippen LogP contribution >= 0.6 is 0 Å². The van der Waals surface area contributed by atoms with Crippen molar-refractivity contribution in [2.45, 2.75) is 19.9 Å². The van der Waals surface area contributed by atoms with E-state index in [0.717, 1.165) is 0 Å². The zero-order valence-electron chi connectivity index (χ0n) is 9.59. The van der Waals surface area contributed by atoms with Gasteiger partial charge in [0.2, 0.25) is 10.0 Å². The predicted molar refractivity (Wildman–Crippen MR) is 65.3 cm³/mol. The highest BCUT2D eigenvalue weighted by molar-refractivity contribution is 7.89. The molecule has 0 aromatic carbocycles. The lowest BCUT2D eigenvalue weighted by Gasteiger charge is -2.06. The maximum Gasteiger partial charge on any atom is 0.293 e. The molecule has 0 bridgehead atoms. The van der Waals surface area contributed by atoms with Crippen molar-refractivity contribution >= 4 is 15.8 Å². The number of nitrogens with two attached hydrogens (primary N) is 1.